The van der Waals surface area contributed by atoms with Crippen molar-refractivity contribution in [2.45, 2.75) is 11.8 Å². The highest BCUT2D eigenvalue weighted by molar-refractivity contribution is 8.00. The Morgan fingerprint density at radius 1 is 1.28 bits per heavy atom. The van der Waals surface area contributed by atoms with Crippen LogP contribution in [-0.4, -0.2) is 21.2 Å². The Labute approximate surface area is 153 Å². The molecule has 0 bridgehead atoms. The lowest BCUT2D eigenvalue weighted by Crippen LogP contribution is -2.13. The molecule has 4 aromatic rings. The van der Waals surface area contributed by atoms with Crippen LogP contribution >= 0.6 is 23.1 Å². The number of amides is 1. The van der Waals surface area contributed by atoms with Crippen LogP contribution in [0.25, 0.3) is 21.1 Å². The molecular weight excluding hydrogens is 350 g/mol. The largest absolute Gasteiger partial charge is 0.349 e. The predicted octanol–water partition coefficient (Wildman–Crippen LogP) is 4.83. The van der Waals surface area contributed by atoms with E-state index in [2.05, 4.69) is 46.2 Å². The first-order chi connectivity index (χ1) is 12.1. The van der Waals surface area contributed by atoms with Gasteiger partial charge in [-0.15, -0.1) is 11.8 Å². The van der Waals surface area contributed by atoms with Gasteiger partial charge in [0.05, 0.1) is 16.0 Å². The number of rotatable bonds is 4. The summed E-state index contributed by atoms with van der Waals surface area (Å²) in [6.45, 7) is 2.05. The van der Waals surface area contributed by atoms with Crippen LogP contribution in [0.15, 0.2) is 53.6 Å². The zero-order valence-corrected chi connectivity index (χ0v) is 15.6. The molecule has 0 atom stereocenters. The fourth-order valence-corrected chi connectivity index (χ4v) is 4.70. The number of carbonyl (C=O) groups excluding carboxylic acids is 1. The van der Waals surface area contributed by atoms with Crippen molar-refractivity contribution in [3.05, 3.63) is 54.2 Å². The number of nitrogens with one attached hydrogen (secondary N) is 1. The van der Waals surface area contributed by atoms with Gasteiger partial charge >= 0.3 is 0 Å². The van der Waals surface area contributed by atoms with Crippen LogP contribution in [0, 0.1) is 6.92 Å². The molecule has 2 heterocycles. The van der Waals surface area contributed by atoms with Crippen LogP contribution in [-0.2, 0) is 11.8 Å². The number of hydrogen-bond acceptors (Lipinski definition) is 4. The van der Waals surface area contributed by atoms with E-state index in [0.717, 1.165) is 15.1 Å². The first-order valence-corrected chi connectivity index (χ1v) is 9.74. The van der Waals surface area contributed by atoms with Gasteiger partial charge in [0.25, 0.3) is 0 Å². The van der Waals surface area contributed by atoms with Crippen molar-refractivity contribution < 1.29 is 4.79 Å². The van der Waals surface area contributed by atoms with Gasteiger partial charge in [-0.05, 0) is 30.7 Å². The number of thioether (sulfide) groups is 1. The lowest BCUT2D eigenvalue weighted by Gasteiger charge is -2.01. The summed E-state index contributed by atoms with van der Waals surface area (Å²) in [4.78, 5) is 17.9. The maximum absolute atomic E-state index is 12.3. The fraction of sp³-hybridized carbons (Fsp3) is 0.158. The molecule has 1 N–H and O–H groups in total. The number of para-hydroxylation sites is 1. The molecule has 0 unspecified atom stereocenters. The number of aryl methyl sites for hydroxylation is 2. The summed E-state index contributed by atoms with van der Waals surface area (Å²) in [5.74, 6) is 0.330. The zero-order valence-electron chi connectivity index (χ0n) is 13.9. The summed E-state index contributed by atoms with van der Waals surface area (Å²) >= 11 is 3.06. The second-order valence-electron chi connectivity index (χ2n) is 5.95. The molecule has 0 aliphatic carbocycles. The number of fused-ring (bicyclic) bond motifs is 2. The SMILES string of the molecule is Cc1ccc2nc(NC(=O)CSc3cn(C)c4ccccc34)sc2c1. The highest BCUT2D eigenvalue weighted by Crippen LogP contribution is 2.30. The Balaban J connectivity index is 1.46. The molecular formula is C19H17N3OS2. The fourth-order valence-electron chi connectivity index (χ4n) is 2.80. The van der Waals surface area contributed by atoms with Gasteiger partial charge in [0, 0.05) is 29.0 Å². The standard InChI is InChI=1S/C19H17N3OS2/c1-12-7-8-14-16(9-12)25-19(20-14)21-18(23)11-24-17-10-22(2)15-6-4-3-5-13(15)17/h3-10H,11H2,1-2H3,(H,20,21,23). The molecule has 0 saturated heterocycles. The number of carbonyl (C=O) groups is 1. The Kier molecular flexibility index (Phi) is 4.23. The van der Waals surface area contributed by atoms with E-state index < -0.39 is 0 Å². The number of thiazole rings is 1. The van der Waals surface area contributed by atoms with E-state index in [0.29, 0.717) is 10.9 Å². The molecule has 4 rings (SSSR count). The third kappa shape index (κ3) is 3.27. The minimum absolute atomic E-state index is 0.0336. The van der Waals surface area contributed by atoms with Gasteiger partial charge in [-0.1, -0.05) is 35.6 Å². The molecule has 0 radical (unpaired) electrons. The van der Waals surface area contributed by atoms with E-state index >= 15 is 0 Å². The van der Waals surface area contributed by atoms with Crippen LogP contribution in [0.2, 0.25) is 0 Å². The molecule has 0 spiro atoms. The normalized spacial score (nSPS) is 11.3. The third-order valence-electron chi connectivity index (χ3n) is 4.01. The summed E-state index contributed by atoms with van der Waals surface area (Å²) in [6, 6.07) is 14.3. The molecule has 2 aromatic heterocycles. The number of aromatic nitrogens is 2. The maximum atomic E-state index is 12.3. The average molecular weight is 367 g/mol. The van der Waals surface area contributed by atoms with E-state index in [1.54, 1.807) is 11.8 Å². The maximum Gasteiger partial charge on any atom is 0.236 e. The smallest absolute Gasteiger partial charge is 0.236 e. The summed E-state index contributed by atoms with van der Waals surface area (Å²) in [5, 5.41) is 4.75. The topological polar surface area (TPSA) is 46.9 Å². The van der Waals surface area contributed by atoms with E-state index in [1.165, 1.54) is 27.8 Å². The van der Waals surface area contributed by atoms with Crippen molar-refractivity contribution in [1.29, 1.82) is 0 Å². The molecule has 126 valence electrons. The molecule has 0 aliphatic rings. The summed E-state index contributed by atoms with van der Waals surface area (Å²) in [5.41, 5.74) is 3.29. The van der Waals surface area contributed by atoms with Gasteiger partial charge in [0.2, 0.25) is 5.91 Å². The number of hydrogen-bond donors (Lipinski definition) is 1. The highest BCUT2D eigenvalue weighted by Gasteiger charge is 2.11. The van der Waals surface area contributed by atoms with Gasteiger partial charge in [-0.3, -0.25) is 4.79 Å². The number of benzene rings is 2. The Morgan fingerprint density at radius 3 is 3.00 bits per heavy atom. The van der Waals surface area contributed by atoms with Gasteiger partial charge in [-0.2, -0.15) is 0 Å². The second kappa shape index (κ2) is 6.54. The van der Waals surface area contributed by atoms with E-state index in [9.17, 15) is 4.79 Å². The monoisotopic (exact) mass is 367 g/mol. The minimum Gasteiger partial charge on any atom is -0.349 e. The molecule has 2 aromatic carbocycles. The molecule has 0 aliphatic heterocycles. The molecule has 0 saturated carbocycles. The Morgan fingerprint density at radius 2 is 2.12 bits per heavy atom. The van der Waals surface area contributed by atoms with E-state index in [4.69, 9.17) is 0 Å². The zero-order chi connectivity index (χ0) is 17.4. The first kappa shape index (κ1) is 16.2. The molecule has 4 nitrogen and oxygen atoms in total. The molecule has 0 fully saturated rings. The van der Waals surface area contributed by atoms with Gasteiger partial charge in [-0.25, -0.2) is 4.98 Å². The number of anilines is 1. The van der Waals surface area contributed by atoms with E-state index in [-0.39, 0.29) is 5.91 Å². The van der Waals surface area contributed by atoms with Crippen molar-refractivity contribution in [3.63, 3.8) is 0 Å². The molecule has 1 amide bonds. The van der Waals surface area contributed by atoms with Crippen molar-refractivity contribution in [3.8, 4) is 0 Å². The second-order valence-corrected chi connectivity index (χ2v) is 8.00. The van der Waals surface area contributed by atoms with Crippen molar-refractivity contribution in [1.82, 2.24) is 9.55 Å². The van der Waals surface area contributed by atoms with Gasteiger partial charge in [0.15, 0.2) is 5.13 Å². The van der Waals surface area contributed by atoms with Crippen molar-refractivity contribution >= 4 is 55.3 Å². The van der Waals surface area contributed by atoms with E-state index in [1.807, 2.05) is 31.3 Å². The van der Waals surface area contributed by atoms with Gasteiger partial charge in [0.1, 0.15) is 0 Å². The molecule has 6 heteroatoms. The van der Waals surface area contributed by atoms with Crippen LogP contribution in [0.3, 0.4) is 0 Å². The summed E-state index contributed by atoms with van der Waals surface area (Å²) in [6.07, 6.45) is 2.07. The Bertz CT molecular complexity index is 1080. The van der Waals surface area contributed by atoms with Crippen molar-refractivity contribution in [2.75, 3.05) is 11.1 Å². The summed E-state index contributed by atoms with van der Waals surface area (Å²) in [7, 11) is 2.02. The van der Waals surface area contributed by atoms with Crippen LogP contribution < -0.4 is 5.32 Å². The quantitative estimate of drug-likeness (QED) is 0.526. The lowest BCUT2D eigenvalue weighted by atomic mass is 10.2. The highest BCUT2D eigenvalue weighted by atomic mass is 32.2. The molecule has 25 heavy (non-hydrogen) atoms. The lowest BCUT2D eigenvalue weighted by molar-refractivity contribution is -0.113. The minimum atomic E-state index is -0.0336. The predicted molar refractivity (Wildman–Crippen MR) is 107 cm³/mol. The Hall–Kier alpha value is -2.31. The third-order valence-corrected chi connectivity index (χ3v) is 5.99. The van der Waals surface area contributed by atoms with Gasteiger partial charge < -0.3 is 9.88 Å². The van der Waals surface area contributed by atoms with Crippen molar-refractivity contribution in [2.24, 2.45) is 7.05 Å². The van der Waals surface area contributed by atoms with Crippen LogP contribution in [0.4, 0.5) is 5.13 Å². The average Bonchev–Trinajstić information content (AvgIpc) is 3.13. The van der Waals surface area contributed by atoms with Crippen LogP contribution in [0.5, 0.6) is 0 Å². The van der Waals surface area contributed by atoms with Crippen LogP contribution in [0.1, 0.15) is 5.56 Å². The summed E-state index contributed by atoms with van der Waals surface area (Å²) < 4.78 is 3.18. The first-order valence-electron chi connectivity index (χ1n) is 7.94. The number of nitrogens with zero attached hydrogens (tertiary/aromatic N) is 2.